The smallest absolute Gasteiger partial charge is 0.548 e. The molecule has 0 fully saturated rings. The summed E-state index contributed by atoms with van der Waals surface area (Å²) in [5.41, 5.74) is 2.73. The van der Waals surface area contributed by atoms with Gasteiger partial charge in [0.2, 0.25) is 11.7 Å². The van der Waals surface area contributed by atoms with Crippen molar-refractivity contribution >= 4 is 17.7 Å². The van der Waals surface area contributed by atoms with Crippen LogP contribution in [0.2, 0.25) is 0 Å². The number of carbonyl (C=O) groups excluding carboxylic acids is 3. The van der Waals surface area contributed by atoms with Crippen LogP contribution in [0, 0.1) is 6.92 Å². The predicted molar refractivity (Wildman–Crippen MR) is 81.7 cm³/mol. The average molecular weight is 336 g/mol. The summed E-state index contributed by atoms with van der Waals surface area (Å²) in [6.07, 6.45) is -0.00897. The molecule has 0 aliphatic carbocycles. The van der Waals surface area contributed by atoms with Crippen molar-refractivity contribution in [1.82, 2.24) is 9.88 Å². The Morgan fingerprint density at radius 2 is 1.71 bits per heavy atom. The van der Waals surface area contributed by atoms with Gasteiger partial charge in [-0.3, -0.25) is 9.59 Å². The minimum atomic E-state index is -1.35. The van der Waals surface area contributed by atoms with Gasteiger partial charge in [-0.1, -0.05) is 29.8 Å². The van der Waals surface area contributed by atoms with E-state index in [4.69, 9.17) is 0 Å². The number of nitrogens with zero attached hydrogens (tertiary/aromatic N) is 1. The maximum Gasteiger partial charge on any atom is 1.00 e. The van der Waals surface area contributed by atoms with Gasteiger partial charge in [-0.25, -0.2) is 0 Å². The van der Waals surface area contributed by atoms with Gasteiger partial charge in [-0.2, -0.15) is 0 Å². The molecule has 1 heterocycles. The number of nitrogens with one attached hydrogen (secondary N) is 1. The monoisotopic (exact) mass is 336 g/mol. The van der Waals surface area contributed by atoms with Crippen LogP contribution >= 0.6 is 0 Å². The number of aliphatic carboxylic acids is 1. The predicted octanol–water partition coefficient (Wildman–Crippen LogP) is -3.02. The standard InChI is InChI=1S/C17H18N2O4.Na/c1-11-3-5-12(6-4-11)17(23)14-8-7-13(19(14)2)9-15(20)18-10-16(21)22;/h3-8H,9-10H2,1-2H3,(H,18,20)(H,21,22);/q;+1/p-1. The van der Waals surface area contributed by atoms with Gasteiger partial charge in [0.05, 0.1) is 24.6 Å². The van der Waals surface area contributed by atoms with Crippen LogP contribution in [0.3, 0.4) is 0 Å². The summed E-state index contributed by atoms with van der Waals surface area (Å²) in [5, 5.41) is 12.6. The van der Waals surface area contributed by atoms with Gasteiger partial charge in [0, 0.05) is 18.3 Å². The summed E-state index contributed by atoms with van der Waals surface area (Å²) in [5.74, 6) is -1.92. The van der Waals surface area contributed by atoms with Crippen LogP contribution in [0.4, 0.5) is 0 Å². The molecular formula is C17H17N2NaO4. The fraction of sp³-hybridized carbons (Fsp3) is 0.235. The van der Waals surface area contributed by atoms with Crippen molar-refractivity contribution in [3.05, 3.63) is 58.9 Å². The molecule has 7 heteroatoms. The van der Waals surface area contributed by atoms with Gasteiger partial charge in [-0.05, 0) is 19.1 Å². The molecule has 0 atom stereocenters. The molecule has 24 heavy (non-hydrogen) atoms. The number of hydrogen-bond donors (Lipinski definition) is 1. The molecule has 1 amide bonds. The van der Waals surface area contributed by atoms with E-state index in [0.717, 1.165) is 5.56 Å². The second kappa shape index (κ2) is 8.82. The third-order valence-corrected chi connectivity index (χ3v) is 3.54. The molecule has 0 unspecified atom stereocenters. The number of carboxylic acid groups (broad SMARTS) is 1. The van der Waals surface area contributed by atoms with Gasteiger partial charge in [0.1, 0.15) is 0 Å². The van der Waals surface area contributed by atoms with E-state index in [1.807, 2.05) is 19.1 Å². The normalized spacial score (nSPS) is 9.92. The zero-order chi connectivity index (χ0) is 17.0. The zero-order valence-corrected chi connectivity index (χ0v) is 16.0. The molecule has 0 saturated heterocycles. The molecule has 2 rings (SSSR count). The maximum absolute atomic E-state index is 12.5. The van der Waals surface area contributed by atoms with E-state index in [1.165, 1.54) is 0 Å². The molecule has 1 N–H and O–H groups in total. The number of carbonyl (C=O) groups is 3. The molecule has 6 nitrogen and oxygen atoms in total. The van der Waals surface area contributed by atoms with E-state index in [-0.39, 0.29) is 41.8 Å². The summed E-state index contributed by atoms with van der Waals surface area (Å²) in [7, 11) is 1.70. The van der Waals surface area contributed by atoms with E-state index < -0.39 is 18.4 Å². The van der Waals surface area contributed by atoms with Crippen molar-refractivity contribution in [1.29, 1.82) is 0 Å². The molecule has 0 radical (unpaired) electrons. The quantitative estimate of drug-likeness (QED) is 0.449. The first-order valence-electron chi connectivity index (χ1n) is 7.11. The Hall–Kier alpha value is -1.89. The number of benzene rings is 1. The first-order chi connectivity index (χ1) is 10.9. The number of rotatable bonds is 6. The summed E-state index contributed by atoms with van der Waals surface area (Å²) >= 11 is 0. The van der Waals surface area contributed by atoms with Gasteiger partial charge in [-0.15, -0.1) is 0 Å². The first-order valence-corrected chi connectivity index (χ1v) is 7.11. The van der Waals surface area contributed by atoms with E-state index in [2.05, 4.69) is 5.32 Å². The Balaban J connectivity index is 0.00000288. The number of amides is 1. The van der Waals surface area contributed by atoms with Crippen LogP contribution in [-0.2, 0) is 23.1 Å². The molecule has 0 bridgehead atoms. The zero-order valence-electron chi connectivity index (χ0n) is 14.0. The fourth-order valence-corrected chi connectivity index (χ4v) is 2.21. The minimum Gasteiger partial charge on any atom is -0.548 e. The van der Waals surface area contributed by atoms with E-state index in [1.54, 1.807) is 35.9 Å². The van der Waals surface area contributed by atoms with Crippen LogP contribution in [-0.4, -0.2) is 28.8 Å². The molecule has 0 aliphatic rings. The fourth-order valence-electron chi connectivity index (χ4n) is 2.21. The number of aromatic nitrogens is 1. The number of hydrogen-bond acceptors (Lipinski definition) is 4. The topological polar surface area (TPSA) is 91.2 Å². The number of carboxylic acids is 1. The summed E-state index contributed by atoms with van der Waals surface area (Å²) < 4.78 is 1.64. The van der Waals surface area contributed by atoms with Crippen molar-refractivity contribution in [3.8, 4) is 0 Å². The van der Waals surface area contributed by atoms with Crippen molar-refractivity contribution in [2.24, 2.45) is 7.05 Å². The Morgan fingerprint density at radius 3 is 2.29 bits per heavy atom. The van der Waals surface area contributed by atoms with Gasteiger partial charge >= 0.3 is 29.6 Å². The number of ketones is 1. The van der Waals surface area contributed by atoms with Crippen LogP contribution < -0.4 is 40.0 Å². The second-order valence-electron chi connectivity index (χ2n) is 5.29. The van der Waals surface area contributed by atoms with E-state index in [0.29, 0.717) is 17.0 Å². The second-order valence-corrected chi connectivity index (χ2v) is 5.29. The minimum absolute atomic E-state index is 0. The van der Waals surface area contributed by atoms with E-state index >= 15 is 0 Å². The SMILES string of the molecule is Cc1ccc(C(=O)c2ccc(CC(=O)NCC(=O)[O-])n2C)cc1.[Na+]. The van der Waals surface area contributed by atoms with Crippen LogP contribution in [0.25, 0.3) is 0 Å². The van der Waals surface area contributed by atoms with Gasteiger partial charge in [0.15, 0.2) is 0 Å². The average Bonchev–Trinajstić information content (AvgIpc) is 2.86. The van der Waals surface area contributed by atoms with Crippen molar-refractivity contribution < 1.29 is 49.0 Å². The van der Waals surface area contributed by atoms with Gasteiger partial charge in [0.25, 0.3) is 0 Å². The maximum atomic E-state index is 12.5. The molecule has 120 valence electrons. The molecule has 1 aromatic carbocycles. The molecule has 0 saturated carbocycles. The third-order valence-electron chi connectivity index (χ3n) is 3.54. The number of aryl methyl sites for hydroxylation is 1. The van der Waals surface area contributed by atoms with Gasteiger partial charge < -0.3 is 19.8 Å². The third kappa shape index (κ3) is 5.06. The van der Waals surface area contributed by atoms with Crippen LogP contribution in [0.5, 0.6) is 0 Å². The largest absolute Gasteiger partial charge is 1.00 e. The Labute approximate surface area is 162 Å². The van der Waals surface area contributed by atoms with Crippen molar-refractivity contribution in [3.63, 3.8) is 0 Å². The molecule has 0 spiro atoms. The summed E-state index contributed by atoms with van der Waals surface area (Å²) in [6, 6.07) is 10.6. The summed E-state index contributed by atoms with van der Waals surface area (Å²) in [6.45, 7) is 1.42. The molecule has 0 aliphatic heterocycles. The van der Waals surface area contributed by atoms with E-state index in [9.17, 15) is 19.5 Å². The molecule has 1 aromatic heterocycles. The molecule has 2 aromatic rings. The Bertz CT molecular complexity index is 750. The van der Waals surface area contributed by atoms with Crippen LogP contribution in [0.15, 0.2) is 36.4 Å². The Morgan fingerprint density at radius 1 is 1.08 bits per heavy atom. The molecular weight excluding hydrogens is 319 g/mol. The van der Waals surface area contributed by atoms with Crippen molar-refractivity contribution in [2.45, 2.75) is 13.3 Å². The van der Waals surface area contributed by atoms with Crippen molar-refractivity contribution in [2.75, 3.05) is 6.54 Å². The van der Waals surface area contributed by atoms with Crippen LogP contribution in [0.1, 0.15) is 27.3 Å². The first kappa shape index (κ1) is 20.2. The summed E-state index contributed by atoms with van der Waals surface area (Å²) in [4.78, 5) is 34.5. The Kier molecular flexibility index (Phi) is 7.41.